The molecule has 0 bridgehead atoms. The van der Waals surface area contributed by atoms with Crippen LogP contribution in [0.3, 0.4) is 0 Å². The van der Waals surface area contributed by atoms with Crippen LogP contribution in [0, 0.1) is 17.8 Å². The van der Waals surface area contributed by atoms with Crippen LogP contribution >= 0.6 is 0 Å². The Morgan fingerprint density at radius 2 is 2.00 bits per heavy atom. The van der Waals surface area contributed by atoms with Crippen molar-refractivity contribution in [2.24, 2.45) is 17.8 Å². The van der Waals surface area contributed by atoms with E-state index in [2.05, 4.69) is 45.1 Å². The second-order valence-corrected chi connectivity index (χ2v) is 6.22. The van der Waals surface area contributed by atoms with Crippen molar-refractivity contribution in [1.82, 2.24) is 5.32 Å². The van der Waals surface area contributed by atoms with Gasteiger partial charge in [0.15, 0.2) is 0 Å². The largest absolute Gasteiger partial charge is 0.464 e. The lowest BCUT2D eigenvalue weighted by Gasteiger charge is -2.36. The number of hydrogen-bond acceptors (Lipinski definition) is 2. The van der Waals surface area contributed by atoms with Crippen LogP contribution in [-0.4, -0.2) is 6.54 Å². The fraction of sp³-hybridized carbons (Fsp3) is 0.765. The van der Waals surface area contributed by atoms with Gasteiger partial charge in [-0.25, -0.2) is 0 Å². The maximum absolute atomic E-state index is 6.00. The lowest BCUT2D eigenvalue weighted by atomic mass is 9.73. The van der Waals surface area contributed by atoms with Gasteiger partial charge in [-0.1, -0.05) is 34.1 Å². The molecule has 4 unspecified atom stereocenters. The number of rotatable bonds is 5. The van der Waals surface area contributed by atoms with E-state index in [1.54, 1.807) is 0 Å². The highest BCUT2D eigenvalue weighted by Crippen LogP contribution is 2.40. The summed E-state index contributed by atoms with van der Waals surface area (Å²) < 4.78 is 6.00. The summed E-state index contributed by atoms with van der Waals surface area (Å²) in [6, 6.07) is 4.71. The van der Waals surface area contributed by atoms with Gasteiger partial charge in [0.2, 0.25) is 0 Å². The summed E-state index contributed by atoms with van der Waals surface area (Å²) >= 11 is 0. The predicted molar refractivity (Wildman–Crippen MR) is 80.2 cm³/mol. The van der Waals surface area contributed by atoms with E-state index in [0.717, 1.165) is 42.2 Å². The van der Waals surface area contributed by atoms with E-state index in [1.807, 2.05) is 0 Å². The van der Waals surface area contributed by atoms with E-state index in [9.17, 15) is 0 Å². The molecule has 1 fully saturated rings. The van der Waals surface area contributed by atoms with E-state index in [-0.39, 0.29) is 0 Å². The average Bonchev–Trinajstić information content (AvgIpc) is 2.88. The van der Waals surface area contributed by atoms with E-state index in [0.29, 0.717) is 6.04 Å². The maximum atomic E-state index is 6.00. The predicted octanol–water partition coefficient (Wildman–Crippen LogP) is 4.56. The molecule has 2 heteroatoms. The molecule has 0 saturated heterocycles. The summed E-state index contributed by atoms with van der Waals surface area (Å²) in [5, 5.41) is 3.65. The minimum Gasteiger partial charge on any atom is -0.464 e. The molecule has 1 heterocycles. The van der Waals surface area contributed by atoms with Gasteiger partial charge in [-0.2, -0.15) is 0 Å². The van der Waals surface area contributed by atoms with Gasteiger partial charge in [0.25, 0.3) is 0 Å². The Morgan fingerprint density at radius 1 is 1.21 bits per heavy atom. The van der Waals surface area contributed by atoms with Crippen LogP contribution in [0.15, 0.2) is 16.5 Å². The van der Waals surface area contributed by atoms with E-state index >= 15 is 0 Å². The zero-order valence-corrected chi connectivity index (χ0v) is 12.9. The van der Waals surface area contributed by atoms with Gasteiger partial charge in [-0.3, -0.25) is 0 Å². The highest BCUT2D eigenvalue weighted by atomic mass is 16.3. The summed E-state index contributed by atoms with van der Waals surface area (Å²) in [7, 11) is 0. The molecule has 1 aromatic rings. The Labute approximate surface area is 118 Å². The standard InChI is InChI=1S/C17H29NO/c1-5-15-9-10-16(19-15)17(18-6-2)14-8-7-12(3)13(4)11-14/h9-10,12-14,17-18H,5-8,11H2,1-4H3. The molecular weight excluding hydrogens is 234 g/mol. The van der Waals surface area contributed by atoms with Crippen molar-refractivity contribution in [2.75, 3.05) is 6.54 Å². The lowest BCUT2D eigenvalue weighted by Crippen LogP contribution is -2.33. The van der Waals surface area contributed by atoms with Gasteiger partial charge in [0.1, 0.15) is 11.5 Å². The first-order valence-electron chi connectivity index (χ1n) is 7.97. The first-order valence-corrected chi connectivity index (χ1v) is 7.97. The molecule has 0 aliphatic heterocycles. The van der Waals surface area contributed by atoms with Crippen LogP contribution in [-0.2, 0) is 6.42 Å². The molecule has 0 radical (unpaired) electrons. The third-order valence-electron chi connectivity index (χ3n) is 4.87. The number of furan rings is 1. The molecule has 2 rings (SSSR count). The van der Waals surface area contributed by atoms with Gasteiger partial charge < -0.3 is 9.73 Å². The Balaban J connectivity index is 2.11. The number of nitrogens with one attached hydrogen (secondary N) is 1. The Kier molecular flexibility index (Phi) is 5.09. The van der Waals surface area contributed by atoms with E-state index in [1.165, 1.54) is 19.3 Å². The van der Waals surface area contributed by atoms with Crippen LogP contribution in [0.1, 0.15) is 64.5 Å². The molecule has 1 aromatic heterocycles. The minimum atomic E-state index is 0.403. The molecule has 1 saturated carbocycles. The van der Waals surface area contributed by atoms with Crippen molar-refractivity contribution < 1.29 is 4.42 Å². The first-order chi connectivity index (χ1) is 9.15. The molecule has 0 aromatic carbocycles. The molecule has 2 nitrogen and oxygen atoms in total. The fourth-order valence-corrected chi connectivity index (χ4v) is 3.36. The minimum absolute atomic E-state index is 0.403. The van der Waals surface area contributed by atoms with Crippen molar-refractivity contribution in [3.05, 3.63) is 23.7 Å². The SMILES string of the molecule is CCNC(c1ccc(CC)o1)C1CCC(C)C(C)C1. The fourth-order valence-electron chi connectivity index (χ4n) is 3.36. The number of aryl methyl sites for hydroxylation is 1. The molecule has 0 spiro atoms. The lowest BCUT2D eigenvalue weighted by molar-refractivity contribution is 0.160. The van der Waals surface area contributed by atoms with Crippen molar-refractivity contribution in [1.29, 1.82) is 0 Å². The van der Waals surface area contributed by atoms with Gasteiger partial charge in [0, 0.05) is 6.42 Å². The molecular formula is C17H29NO. The third kappa shape index (κ3) is 3.42. The van der Waals surface area contributed by atoms with Crippen molar-refractivity contribution >= 4 is 0 Å². The zero-order chi connectivity index (χ0) is 13.8. The molecule has 1 N–H and O–H groups in total. The van der Waals surface area contributed by atoms with Gasteiger partial charge in [-0.05, 0) is 49.3 Å². The first kappa shape index (κ1) is 14.6. The Bertz CT molecular complexity index is 384. The Hall–Kier alpha value is -0.760. The molecule has 108 valence electrons. The maximum Gasteiger partial charge on any atom is 0.121 e. The molecule has 0 amide bonds. The topological polar surface area (TPSA) is 25.2 Å². The van der Waals surface area contributed by atoms with Crippen LogP contribution in [0.4, 0.5) is 0 Å². The molecule has 1 aliphatic rings. The monoisotopic (exact) mass is 263 g/mol. The smallest absolute Gasteiger partial charge is 0.121 e. The highest BCUT2D eigenvalue weighted by molar-refractivity contribution is 5.12. The summed E-state index contributed by atoms with van der Waals surface area (Å²) in [6.45, 7) is 10.1. The zero-order valence-electron chi connectivity index (χ0n) is 12.9. The van der Waals surface area contributed by atoms with Crippen LogP contribution in [0.2, 0.25) is 0 Å². The average molecular weight is 263 g/mol. The molecule has 19 heavy (non-hydrogen) atoms. The second kappa shape index (κ2) is 6.60. The van der Waals surface area contributed by atoms with Gasteiger partial charge in [0.05, 0.1) is 6.04 Å². The number of hydrogen-bond donors (Lipinski definition) is 1. The Morgan fingerprint density at radius 3 is 2.58 bits per heavy atom. The summed E-state index contributed by atoms with van der Waals surface area (Å²) in [6.07, 6.45) is 4.98. The van der Waals surface area contributed by atoms with E-state index < -0.39 is 0 Å². The van der Waals surface area contributed by atoms with Crippen molar-refractivity contribution in [3.63, 3.8) is 0 Å². The molecule has 4 atom stereocenters. The van der Waals surface area contributed by atoms with Gasteiger partial charge >= 0.3 is 0 Å². The quantitative estimate of drug-likeness (QED) is 0.842. The van der Waals surface area contributed by atoms with Crippen LogP contribution < -0.4 is 5.32 Å². The molecule has 1 aliphatic carbocycles. The highest BCUT2D eigenvalue weighted by Gasteiger charge is 2.32. The van der Waals surface area contributed by atoms with Crippen molar-refractivity contribution in [2.45, 2.75) is 59.4 Å². The second-order valence-electron chi connectivity index (χ2n) is 6.22. The van der Waals surface area contributed by atoms with Crippen LogP contribution in [0.25, 0.3) is 0 Å². The van der Waals surface area contributed by atoms with Gasteiger partial charge in [-0.15, -0.1) is 0 Å². The third-order valence-corrected chi connectivity index (χ3v) is 4.87. The normalized spacial score (nSPS) is 29.4. The summed E-state index contributed by atoms with van der Waals surface area (Å²) in [4.78, 5) is 0. The summed E-state index contributed by atoms with van der Waals surface area (Å²) in [5.74, 6) is 4.68. The van der Waals surface area contributed by atoms with Crippen LogP contribution in [0.5, 0.6) is 0 Å². The summed E-state index contributed by atoms with van der Waals surface area (Å²) in [5.41, 5.74) is 0. The van der Waals surface area contributed by atoms with E-state index in [4.69, 9.17) is 4.42 Å². The van der Waals surface area contributed by atoms with Crippen molar-refractivity contribution in [3.8, 4) is 0 Å².